The number of hydrogen-bond acceptors (Lipinski definition) is 4. The van der Waals surface area contributed by atoms with Gasteiger partial charge in [0, 0.05) is 11.1 Å². The summed E-state index contributed by atoms with van der Waals surface area (Å²) in [7, 11) is 0. The van der Waals surface area contributed by atoms with Crippen LogP contribution in [0.2, 0.25) is 0 Å². The Morgan fingerprint density at radius 1 is 0.574 bits per heavy atom. The molecule has 0 fully saturated rings. The van der Waals surface area contributed by atoms with E-state index in [1.54, 1.807) is 0 Å². The molecule has 0 saturated heterocycles. The van der Waals surface area contributed by atoms with Gasteiger partial charge in [-0.3, -0.25) is 0 Å². The molecule has 296 valence electrons. The second-order valence-corrected chi connectivity index (χ2v) is 19.6. The predicted octanol–water partition coefficient (Wildman–Crippen LogP) is 14.4. The van der Waals surface area contributed by atoms with Gasteiger partial charge in [0.2, 0.25) is 0 Å². The van der Waals surface area contributed by atoms with E-state index in [0.717, 1.165) is 50.9 Å². The molecule has 0 saturated carbocycles. The first-order chi connectivity index (χ1) is 29.8. The topological polar surface area (TPSA) is 33.5 Å². The van der Waals surface area contributed by atoms with Crippen molar-refractivity contribution < 1.29 is 4.74 Å². The number of nitrogens with zero attached hydrogens (tertiary/aromatic N) is 4. The number of aryl methyl sites for hydroxylation is 1. The van der Waals surface area contributed by atoms with E-state index in [1.807, 2.05) is 0 Å². The van der Waals surface area contributed by atoms with Gasteiger partial charge in [-0.2, -0.15) is 0 Å². The van der Waals surface area contributed by atoms with E-state index in [0.29, 0.717) is 6.67 Å². The molecule has 5 nitrogen and oxygen atoms in total. The fourth-order valence-corrected chi connectivity index (χ4v) is 11.3. The molecule has 0 amide bonds. The number of aromatic nitrogens is 2. The SMILES string of the molecule is Cc1cc(-n2c3ccccc3c3ccc(Oc4cccc(N5CN(c6c(-c7ccccc7)cc(C(C)(C)C)cc6-c6ccccc6)c6ccccc65)c4)cc32)nc2cc[te]c12. The number of rotatable bonds is 7. The quantitative estimate of drug-likeness (QED) is 0.149. The van der Waals surface area contributed by atoms with Crippen molar-refractivity contribution in [3.05, 3.63) is 191 Å². The minimum atomic E-state index is -0.310. The fraction of sp³-hybridized carbons (Fsp3) is 0.109. The Hall–Kier alpha value is -6.58. The molecule has 1 aliphatic rings. The van der Waals surface area contributed by atoms with Gasteiger partial charge in [0.05, 0.1) is 17.1 Å². The Morgan fingerprint density at radius 2 is 1.21 bits per heavy atom. The number of ether oxygens (including phenoxy) is 1. The molecular formula is C55H44N4OTe. The van der Waals surface area contributed by atoms with Crippen LogP contribution in [0, 0.1) is 6.92 Å². The molecule has 0 atom stereocenters. The minimum absolute atomic E-state index is 0.0433. The Balaban J connectivity index is 0.998. The van der Waals surface area contributed by atoms with Crippen LogP contribution >= 0.6 is 0 Å². The summed E-state index contributed by atoms with van der Waals surface area (Å²) in [6.45, 7) is 9.76. The van der Waals surface area contributed by atoms with Crippen molar-refractivity contribution in [3.8, 4) is 39.6 Å². The first kappa shape index (κ1) is 37.4. The van der Waals surface area contributed by atoms with E-state index in [4.69, 9.17) is 9.72 Å². The molecule has 7 aromatic carbocycles. The Morgan fingerprint density at radius 3 is 1.93 bits per heavy atom. The maximum absolute atomic E-state index is 6.79. The van der Waals surface area contributed by atoms with Crippen LogP contribution in [0.5, 0.6) is 11.5 Å². The first-order valence-electron chi connectivity index (χ1n) is 20.9. The van der Waals surface area contributed by atoms with Crippen LogP contribution in [0.15, 0.2) is 180 Å². The van der Waals surface area contributed by atoms with Crippen LogP contribution in [-0.2, 0) is 5.41 Å². The zero-order chi connectivity index (χ0) is 41.2. The molecule has 10 aromatic rings. The molecule has 0 N–H and O–H groups in total. The normalized spacial score (nSPS) is 12.8. The molecule has 0 bridgehead atoms. The molecular weight excluding hydrogens is 860 g/mol. The zero-order valence-electron chi connectivity index (χ0n) is 34.6. The Kier molecular flexibility index (Phi) is 9.11. The van der Waals surface area contributed by atoms with Crippen LogP contribution in [0.4, 0.5) is 22.7 Å². The van der Waals surface area contributed by atoms with E-state index >= 15 is 0 Å². The summed E-state index contributed by atoms with van der Waals surface area (Å²) in [4.78, 5) is 10.1. The third kappa shape index (κ3) is 6.59. The van der Waals surface area contributed by atoms with Crippen LogP contribution in [0.25, 0.3) is 58.8 Å². The van der Waals surface area contributed by atoms with Crippen molar-refractivity contribution in [2.75, 3.05) is 16.5 Å². The summed E-state index contributed by atoms with van der Waals surface area (Å²) in [6.07, 6.45) is 0. The van der Waals surface area contributed by atoms with Crippen molar-refractivity contribution in [1.82, 2.24) is 9.55 Å². The van der Waals surface area contributed by atoms with E-state index in [2.05, 4.69) is 222 Å². The van der Waals surface area contributed by atoms with Crippen LogP contribution < -0.4 is 14.5 Å². The third-order valence-corrected chi connectivity index (χ3v) is 14.9. The van der Waals surface area contributed by atoms with Crippen LogP contribution in [0.3, 0.4) is 0 Å². The van der Waals surface area contributed by atoms with Crippen molar-refractivity contribution in [3.63, 3.8) is 0 Å². The van der Waals surface area contributed by atoms with Gasteiger partial charge < -0.3 is 9.80 Å². The van der Waals surface area contributed by atoms with Gasteiger partial charge in [-0.1, -0.05) is 93.6 Å². The Labute approximate surface area is 366 Å². The van der Waals surface area contributed by atoms with Crippen LogP contribution in [0.1, 0.15) is 31.9 Å². The van der Waals surface area contributed by atoms with Gasteiger partial charge in [0.25, 0.3) is 0 Å². The van der Waals surface area contributed by atoms with E-state index < -0.39 is 0 Å². The summed E-state index contributed by atoms with van der Waals surface area (Å²) >= 11 is -0.310. The Bertz CT molecular complexity index is 3210. The molecule has 0 radical (unpaired) electrons. The molecule has 0 spiro atoms. The van der Waals surface area contributed by atoms with Crippen molar-refractivity contribution in [2.45, 2.75) is 33.1 Å². The molecule has 0 unspecified atom stereocenters. The van der Waals surface area contributed by atoms with Gasteiger partial charge >= 0.3 is 178 Å². The second-order valence-electron chi connectivity index (χ2n) is 17.0. The van der Waals surface area contributed by atoms with Gasteiger partial charge in [0.15, 0.2) is 0 Å². The molecule has 11 rings (SSSR count). The van der Waals surface area contributed by atoms with E-state index in [1.165, 1.54) is 53.2 Å². The standard InChI is InChI=1S/C55H44N4OTe/c1-36-30-52(56-47-28-29-61-54(36)47)59-48-23-12-11-22-43(48)44-27-26-42(34-51(44)59)60-41-21-15-20-40(33-41)57-35-58(50-25-14-13-24-49(50)57)53-45(37-16-7-5-8-17-37)31-39(55(2,3)4)32-46(53)38-18-9-6-10-19-38/h5-34H,35H2,1-4H3. The summed E-state index contributed by atoms with van der Waals surface area (Å²) < 4.78 is 12.9. The second kappa shape index (κ2) is 14.9. The average Bonchev–Trinajstić information content (AvgIpc) is 4.01. The summed E-state index contributed by atoms with van der Waals surface area (Å²) in [5.74, 6) is 2.50. The zero-order valence-corrected chi connectivity index (χ0v) is 37.0. The number of benzene rings is 7. The number of hydrogen-bond donors (Lipinski definition) is 0. The van der Waals surface area contributed by atoms with Crippen molar-refractivity contribution in [1.29, 1.82) is 0 Å². The van der Waals surface area contributed by atoms with Gasteiger partial charge in [-0.15, -0.1) is 0 Å². The van der Waals surface area contributed by atoms with Crippen molar-refractivity contribution >= 4 is 73.9 Å². The van der Waals surface area contributed by atoms with Crippen molar-refractivity contribution in [2.24, 2.45) is 0 Å². The van der Waals surface area contributed by atoms with Gasteiger partial charge in [0.1, 0.15) is 6.67 Å². The molecule has 61 heavy (non-hydrogen) atoms. The third-order valence-electron chi connectivity index (χ3n) is 12.0. The fourth-order valence-electron chi connectivity index (χ4n) is 8.99. The monoisotopic (exact) mass is 906 g/mol. The predicted molar refractivity (Wildman–Crippen MR) is 256 cm³/mol. The molecule has 4 heterocycles. The van der Waals surface area contributed by atoms with E-state index in [9.17, 15) is 0 Å². The molecule has 0 aliphatic carbocycles. The van der Waals surface area contributed by atoms with E-state index in [-0.39, 0.29) is 25.8 Å². The molecule has 3 aromatic heterocycles. The number of pyridine rings is 1. The first-order valence-corrected chi connectivity index (χ1v) is 23.4. The number of anilines is 4. The summed E-state index contributed by atoms with van der Waals surface area (Å²) in [5, 5.41) is 2.38. The summed E-state index contributed by atoms with van der Waals surface area (Å²) in [5.41, 5.74) is 15.3. The summed E-state index contributed by atoms with van der Waals surface area (Å²) in [6, 6.07) is 63.3. The molecule has 1 aliphatic heterocycles. The number of para-hydroxylation sites is 3. The van der Waals surface area contributed by atoms with Crippen LogP contribution in [-0.4, -0.2) is 36.7 Å². The van der Waals surface area contributed by atoms with Gasteiger partial charge in [-0.25, -0.2) is 0 Å². The van der Waals surface area contributed by atoms with Gasteiger partial charge in [-0.05, 0) is 52.4 Å². The number of fused-ring (bicyclic) bond motifs is 5. The average molecular weight is 905 g/mol. The maximum atomic E-state index is 6.79. The molecule has 6 heteroatoms.